The highest BCUT2D eigenvalue weighted by molar-refractivity contribution is 9.10. The highest BCUT2D eigenvalue weighted by atomic mass is 79.9. The first-order valence-electron chi connectivity index (χ1n) is 6.57. The molecule has 1 aromatic rings. The Labute approximate surface area is 131 Å². The third kappa shape index (κ3) is 3.61. The Morgan fingerprint density at radius 2 is 2.00 bits per heavy atom. The molecule has 0 aliphatic heterocycles. The highest BCUT2D eigenvalue weighted by Crippen LogP contribution is 2.29. The smallest absolute Gasteiger partial charge is 0.243 e. The van der Waals surface area contributed by atoms with Gasteiger partial charge in [-0.25, -0.2) is 12.8 Å². The predicted molar refractivity (Wildman–Crippen MR) is 79.4 cm³/mol. The van der Waals surface area contributed by atoms with Crippen LogP contribution in [0.25, 0.3) is 0 Å². The van der Waals surface area contributed by atoms with Crippen LogP contribution in [0.15, 0.2) is 27.6 Å². The van der Waals surface area contributed by atoms with Gasteiger partial charge in [0.05, 0.1) is 15.9 Å². The van der Waals surface area contributed by atoms with Crippen LogP contribution in [0.5, 0.6) is 0 Å². The van der Waals surface area contributed by atoms with E-state index < -0.39 is 21.7 Å². The fraction of sp³-hybridized carbons (Fsp3) is 0.462. The van der Waals surface area contributed by atoms with Crippen LogP contribution in [0.3, 0.4) is 0 Å². The standard InChI is InChI=1S/C13H16BrFN2O3S/c14-11-6-5-10(7-12(11)15)21(19,20)17(8-13(16)18)9-3-1-2-4-9/h5-7,9H,1-4,8H2,(H2,16,18). The van der Waals surface area contributed by atoms with Crippen molar-refractivity contribution >= 4 is 31.9 Å². The molecule has 0 heterocycles. The Bertz CT molecular complexity index is 645. The molecule has 5 nitrogen and oxygen atoms in total. The Hall–Kier alpha value is -0.990. The van der Waals surface area contributed by atoms with E-state index in [4.69, 9.17) is 5.73 Å². The average molecular weight is 379 g/mol. The predicted octanol–water partition coefficient (Wildman–Crippen LogP) is 2.01. The summed E-state index contributed by atoms with van der Waals surface area (Å²) in [6, 6.07) is 3.34. The summed E-state index contributed by atoms with van der Waals surface area (Å²) in [6.07, 6.45) is 3.19. The zero-order chi connectivity index (χ0) is 15.6. The minimum absolute atomic E-state index is 0.170. The third-order valence-electron chi connectivity index (χ3n) is 3.54. The van der Waals surface area contributed by atoms with E-state index in [2.05, 4.69) is 15.9 Å². The van der Waals surface area contributed by atoms with E-state index in [9.17, 15) is 17.6 Å². The van der Waals surface area contributed by atoms with Gasteiger partial charge in [0.25, 0.3) is 0 Å². The van der Waals surface area contributed by atoms with Crippen molar-refractivity contribution in [2.75, 3.05) is 6.54 Å². The summed E-state index contributed by atoms with van der Waals surface area (Å²) in [6.45, 7) is -0.384. The third-order valence-corrected chi connectivity index (χ3v) is 6.08. The Kier molecular flexibility index (Phi) is 5.00. The summed E-state index contributed by atoms with van der Waals surface area (Å²) in [5.41, 5.74) is 5.16. The van der Waals surface area contributed by atoms with Gasteiger partial charge in [-0.2, -0.15) is 4.31 Å². The van der Waals surface area contributed by atoms with Gasteiger partial charge in [0.1, 0.15) is 5.82 Å². The van der Waals surface area contributed by atoms with Crippen molar-refractivity contribution in [1.29, 1.82) is 0 Å². The molecule has 21 heavy (non-hydrogen) atoms. The second-order valence-corrected chi connectivity index (χ2v) is 7.78. The van der Waals surface area contributed by atoms with Crippen molar-refractivity contribution in [3.8, 4) is 0 Å². The van der Waals surface area contributed by atoms with Gasteiger partial charge in [-0.3, -0.25) is 4.79 Å². The first kappa shape index (κ1) is 16.4. The second-order valence-electron chi connectivity index (χ2n) is 5.03. The van der Waals surface area contributed by atoms with Gasteiger partial charge in [-0.05, 0) is 47.0 Å². The molecule has 1 fully saturated rings. The zero-order valence-electron chi connectivity index (χ0n) is 11.3. The second kappa shape index (κ2) is 6.41. The van der Waals surface area contributed by atoms with Crippen LogP contribution >= 0.6 is 15.9 Å². The van der Waals surface area contributed by atoms with E-state index in [1.807, 2.05) is 0 Å². The molecule has 0 bridgehead atoms. The molecule has 0 unspecified atom stereocenters. The lowest BCUT2D eigenvalue weighted by molar-refractivity contribution is -0.118. The summed E-state index contributed by atoms with van der Waals surface area (Å²) < 4.78 is 40.2. The molecule has 0 radical (unpaired) electrons. The number of hydrogen-bond donors (Lipinski definition) is 1. The van der Waals surface area contributed by atoms with Gasteiger partial charge in [0.2, 0.25) is 15.9 Å². The number of primary amides is 1. The number of hydrogen-bond acceptors (Lipinski definition) is 3. The monoisotopic (exact) mass is 378 g/mol. The number of rotatable bonds is 5. The van der Waals surface area contributed by atoms with Crippen LogP contribution in [-0.2, 0) is 14.8 Å². The number of amides is 1. The normalized spacial score (nSPS) is 16.5. The number of carbonyl (C=O) groups is 1. The van der Waals surface area contributed by atoms with Gasteiger partial charge in [-0.1, -0.05) is 12.8 Å². The Balaban J connectivity index is 2.40. The lowest BCUT2D eigenvalue weighted by Crippen LogP contribution is -2.44. The van der Waals surface area contributed by atoms with E-state index >= 15 is 0 Å². The molecule has 2 N–H and O–H groups in total. The molecule has 1 saturated carbocycles. The number of nitrogens with zero attached hydrogens (tertiary/aromatic N) is 1. The maximum Gasteiger partial charge on any atom is 0.243 e. The van der Waals surface area contributed by atoms with Crippen LogP contribution < -0.4 is 5.73 Å². The summed E-state index contributed by atoms with van der Waals surface area (Å²) in [7, 11) is -3.95. The lowest BCUT2D eigenvalue weighted by Gasteiger charge is -2.26. The fourth-order valence-corrected chi connectivity index (χ4v) is 4.44. The van der Waals surface area contributed by atoms with Crippen molar-refractivity contribution in [3.63, 3.8) is 0 Å². The van der Waals surface area contributed by atoms with Gasteiger partial charge in [0.15, 0.2) is 0 Å². The average Bonchev–Trinajstić information content (AvgIpc) is 2.92. The minimum Gasteiger partial charge on any atom is -0.369 e. The quantitative estimate of drug-likeness (QED) is 0.850. The van der Waals surface area contributed by atoms with Crippen molar-refractivity contribution in [2.45, 2.75) is 36.6 Å². The number of benzene rings is 1. The van der Waals surface area contributed by atoms with Crippen molar-refractivity contribution in [3.05, 3.63) is 28.5 Å². The molecule has 116 valence electrons. The van der Waals surface area contributed by atoms with Gasteiger partial charge >= 0.3 is 0 Å². The molecule has 1 aliphatic rings. The zero-order valence-corrected chi connectivity index (χ0v) is 13.7. The first-order valence-corrected chi connectivity index (χ1v) is 8.81. The van der Waals surface area contributed by atoms with E-state index in [-0.39, 0.29) is 22.0 Å². The molecule has 1 aromatic carbocycles. The van der Waals surface area contributed by atoms with Crippen LogP contribution in [-0.4, -0.2) is 31.2 Å². The molecule has 1 amide bonds. The summed E-state index contributed by atoms with van der Waals surface area (Å²) in [4.78, 5) is 11.0. The van der Waals surface area contributed by atoms with Crippen molar-refractivity contribution in [1.82, 2.24) is 4.31 Å². The van der Waals surface area contributed by atoms with Crippen LogP contribution in [0.1, 0.15) is 25.7 Å². The molecular formula is C13H16BrFN2O3S. The maximum atomic E-state index is 13.6. The SMILES string of the molecule is NC(=O)CN(C1CCCC1)S(=O)(=O)c1ccc(Br)c(F)c1. The van der Waals surface area contributed by atoms with E-state index in [0.29, 0.717) is 12.8 Å². The minimum atomic E-state index is -3.95. The van der Waals surface area contributed by atoms with E-state index in [0.717, 1.165) is 23.2 Å². The molecule has 1 aliphatic carbocycles. The number of halogens is 2. The summed E-state index contributed by atoms with van der Waals surface area (Å²) >= 11 is 2.98. The first-order chi connectivity index (χ1) is 9.82. The molecule has 8 heteroatoms. The van der Waals surface area contributed by atoms with Crippen LogP contribution in [0.2, 0.25) is 0 Å². The van der Waals surface area contributed by atoms with Crippen LogP contribution in [0.4, 0.5) is 4.39 Å². The molecule has 0 atom stereocenters. The van der Waals surface area contributed by atoms with E-state index in [1.165, 1.54) is 12.1 Å². The molecule has 2 rings (SSSR count). The van der Waals surface area contributed by atoms with Crippen molar-refractivity contribution in [2.24, 2.45) is 5.73 Å². The molecule has 0 spiro atoms. The topological polar surface area (TPSA) is 80.5 Å². The van der Waals surface area contributed by atoms with Crippen LogP contribution in [0, 0.1) is 5.82 Å². The van der Waals surface area contributed by atoms with Gasteiger partial charge < -0.3 is 5.73 Å². The van der Waals surface area contributed by atoms with Gasteiger partial charge in [0, 0.05) is 6.04 Å². The summed E-state index contributed by atoms with van der Waals surface area (Å²) in [5, 5.41) is 0. The molecular weight excluding hydrogens is 363 g/mol. The summed E-state index contributed by atoms with van der Waals surface area (Å²) in [5.74, 6) is -1.38. The Morgan fingerprint density at radius 1 is 1.38 bits per heavy atom. The largest absolute Gasteiger partial charge is 0.369 e. The lowest BCUT2D eigenvalue weighted by atomic mass is 10.2. The van der Waals surface area contributed by atoms with Crippen molar-refractivity contribution < 1.29 is 17.6 Å². The fourth-order valence-electron chi connectivity index (χ4n) is 2.53. The molecule has 0 aromatic heterocycles. The number of carbonyl (C=O) groups excluding carboxylic acids is 1. The molecule has 0 saturated heterocycles. The van der Waals surface area contributed by atoms with Gasteiger partial charge in [-0.15, -0.1) is 0 Å². The number of sulfonamides is 1. The Morgan fingerprint density at radius 3 is 2.52 bits per heavy atom. The number of nitrogens with two attached hydrogens (primary N) is 1. The maximum absolute atomic E-state index is 13.6. The highest BCUT2D eigenvalue weighted by Gasteiger charge is 2.34. The van der Waals surface area contributed by atoms with E-state index in [1.54, 1.807) is 0 Å².